The fourth-order valence-electron chi connectivity index (χ4n) is 5.87. The first kappa shape index (κ1) is 33.5. The highest BCUT2D eigenvalue weighted by Gasteiger charge is 2.56. The number of benzene rings is 4. The number of alkyl halides is 3. The zero-order valence-electron chi connectivity index (χ0n) is 26.6. The van der Waals surface area contributed by atoms with Crippen molar-refractivity contribution in [3.63, 3.8) is 0 Å². The lowest BCUT2D eigenvalue weighted by Crippen LogP contribution is -2.53. The number of carbonyl (C=O) groups excluding carboxylic acids is 1. The monoisotopic (exact) mass is 649 g/mol. The van der Waals surface area contributed by atoms with Crippen LogP contribution in [0.5, 0.6) is 11.5 Å². The van der Waals surface area contributed by atoms with E-state index in [9.17, 15) is 27.5 Å². The third kappa shape index (κ3) is 6.80. The second kappa shape index (κ2) is 12.7. The standard InChI is InChI=1S/C36H35F4N3O4/c1-22-16-29(41-21-35(45,36(38,39)40)20-34(3,4)28-18-24(37)14-15-32(28)46-5)27-19-42-43(31(27)17-22)30-13-9-12-26(23(30)2)33(44)47-25-10-7-6-8-11-25/h6-19,41,45H,20-21H2,1-5H3. The van der Waals surface area contributed by atoms with Gasteiger partial charge in [0, 0.05) is 16.6 Å². The molecule has 7 nitrogen and oxygen atoms in total. The summed E-state index contributed by atoms with van der Waals surface area (Å²) in [6.45, 7) is 5.67. The average molecular weight is 650 g/mol. The van der Waals surface area contributed by atoms with Crippen molar-refractivity contribution in [1.82, 2.24) is 9.78 Å². The summed E-state index contributed by atoms with van der Waals surface area (Å²) in [5.74, 6) is -0.559. The Morgan fingerprint density at radius 1 is 0.979 bits per heavy atom. The normalized spacial score (nSPS) is 13.3. The van der Waals surface area contributed by atoms with Crippen LogP contribution in [0.4, 0.5) is 23.2 Å². The van der Waals surface area contributed by atoms with Crippen LogP contribution in [-0.4, -0.2) is 46.3 Å². The molecule has 2 N–H and O–H groups in total. The van der Waals surface area contributed by atoms with Crippen molar-refractivity contribution in [1.29, 1.82) is 0 Å². The molecule has 0 saturated carbocycles. The van der Waals surface area contributed by atoms with Crippen LogP contribution in [0.3, 0.4) is 0 Å². The molecule has 47 heavy (non-hydrogen) atoms. The molecule has 0 aliphatic rings. The number of aryl methyl sites for hydroxylation is 1. The number of nitrogens with zero attached hydrogens (tertiary/aromatic N) is 2. The van der Waals surface area contributed by atoms with E-state index in [2.05, 4.69) is 10.4 Å². The molecule has 11 heteroatoms. The van der Waals surface area contributed by atoms with Gasteiger partial charge in [-0.3, -0.25) is 0 Å². The molecule has 246 valence electrons. The molecule has 0 amide bonds. The Labute approximate surface area is 269 Å². The summed E-state index contributed by atoms with van der Waals surface area (Å²) in [4.78, 5) is 13.0. The van der Waals surface area contributed by atoms with Gasteiger partial charge in [-0.1, -0.05) is 38.1 Å². The van der Waals surface area contributed by atoms with Crippen LogP contribution in [0, 0.1) is 19.7 Å². The molecule has 0 aliphatic carbocycles. The zero-order chi connectivity index (χ0) is 34.1. The van der Waals surface area contributed by atoms with E-state index in [0.29, 0.717) is 39.2 Å². The van der Waals surface area contributed by atoms with Crippen LogP contribution in [0.2, 0.25) is 0 Å². The largest absolute Gasteiger partial charge is 0.496 e. The summed E-state index contributed by atoms with van der Waals surface area (Å²) in [5, 5.41) is 19.0. The number of hydrogen-bond acceptors (Lipinski definition) is 6. The topological polar surface area (TPSA) is 85.6 Å². The second-order valence-electron chi connectivity index (χ2n) is 12.2. The number of methoxy groups -OCH3 is 1. The van der Waals surface area contributed by atoms with Crippen LogP contribution >= 0.6 is 0 Å². The number of aliphatic hydroxyl groups is 1. The predicted molar refractivity (Wildman–Crippen MR) is 172 cm³/mol. The summed E-state index contributed by atoms with van der Waals surface area (Å²) in [6, 6.07) is 20.9. The molecule has 5 aromatic rings. The number of carbonyl (C=O) groups is 1. The summed E-state index contributed by atoms with van der Waals surface area (Å²) < 4.78 is 70.3. The van der Waals surface area contributed by atoms with Gasteiger partial charge in [-0.2, -0.15) is 18.3 Å². The number of nitrogens with one attached hydrogen (secondary N) is 1. The van der Waals surface area contributed by atoms with Crippen LogP contribution in [-0.2, 0) is 5.41 Å². The number of rotatable bonds is 10. The zero-order valence-corrected chi connectivity index (χ0v) is 26.6. The van der Waals surface area contributed by atoms with Gasteiger partial charge in [0.1, 0.15) is 17.3 Å². The molecular formula is C36H35F4N3O4. The molecule has 1 aromatic heterocycles. The van der Waals surface area contributed by atoms with E-state index in [1.165, 1.54) is 33.2 Å². The van der Waals surface area contributed by atoms with Gasteiger partial charge >= 0.3 is 12.1 Å². The first-order valence-corrected chi connectivity index (χ1v) is 14.9. The van der Waals surface area contributed by atoms with E-state index < -0.39 is 41.9 Å². The highest BCUT2D eigenvalue weighted by Crippen LogP contribution is 2.44. The second-order valence-corrected chi connectivity index (χ2v) is 12.2. The maximum atomic E-state index is 14.6. The molecule has 0 aliphatic heterocycles. The van der Waals surface area contributed by atoms with Crippen molar-refractivity contribution in [2.45, 2.75) is 51.3 Å². The minimum absolute atomic E-state index is 0.201. The quantitative estimate of drug-likeness (QED) is 0.0904. The minimum atomic E-state index is -5.03. The first-order valence-electron chi connectivity index (χ1n) is 14.9. The van der Waals surface area contributed by atoms with E-state index in [4.69, 9.17) is 9.47 Å². The van der Waals surface area contributed by atoms with Gasteiger partial charge in [0.15, 0.2) is 5.60 Å². The predicted octanol–water partition coefficient (Wildman–Crippen LogP) is 8.08. The van der Waals surface area contributed by atoms with E-state index in [1.807, 2.05) is 12.1 Å². The molecule has 0 spiro atoms. The van der Waals surface area contributed by atoms with Gasteiger partial charge < -0.3 is 19.9 Å². The summed E-state index contributed by atoms with van der Waals surface area (Å²) in [7, 11) is 1.35. The molecule has 4 aromatic carbocycles. The highest BCUT2D eigenvalue weighted by atomic mass is 19.4. The Morgan fingerprint density at radius 3 is 2.38 bits per heavy atom. The lowest BCUT2D eigenvalue weighted by atomic mass is 9.74. The molecule has 1 unspecified atom stereocenters. The number of hydrogen-bond donors (Lipinski definition) is 2. The molecule has 5 rings (SSSR count). The summed E-state index contributed by atoms with van der Waals surface area (Å²) >= 11 is 0. The third-order valence-electron chi connectivity index (χ3n) is 8.26. The Kier molecular flexibility index (Phi) is 9.05. The molecule has 1 heterocycles. The lowest BCUT2D eigenvalue weighted by Gasteiger charge is -2.38. The van der Waals surface area contributed by atoms with Crippen molar-refractivity contribution in [3.8, 4) is 17.2 Å². The SMILES string of the molecule is COc1ccc(F)cc1C(C)(C)CC(O)(CNc1cc(C)cc2c1cnn2-c1cccc(C(=O)Oc2ccccc2)c1C)C(F)(F)F. The van der Waals surface area contributed by atoms with Gasteiger partial charge in [-0.15, -0.1) is 0 Å². The molecule has 0 radical (unpaired) electrons. The average Bonchev–Trinajstić information content (AvgIpc) is 3.43. The fourth-order valence-corrected chi connectivity index (χ4v) is 5.87. The van der Waals surface area contributed by atoms with Crippen molar-refractivity contribution >= 4 is 22.6 Å². The smallest absolute Gasteiger partial charge is 0.418 e. The molecule has 0 fully saturated rings. The van der Waals surface area contributed by atoms with Gasteiger partial charge in [0.05, 0.1) is 36.6 Å². The number of fused-ring (bicyclic) bond motifs is 1. The Hall–Kier alpha value is -4.90. The Bertz CT molecular complexity index is 1920. The van der Waals surface area contributed by atoms with Crippen LogP contribution < -0.4 is 14.8 Å². The molecular weight excluding hydrogens is 614 g/mol. The highest BCUT2D eigenvalue weighted by molar-refractivity contribution is 5.95. The number of aromatic nitrogens is 2. The molecule has 0 bridgehead atoms. The van der Waals surface area contributed by atoms with Crippen molar-refractivity contribution in [2.24, 2.45) is 0 Å². The fraction of sp³-hybridized carbons (Fsp3) is 0.278. The maximum Gasteiger partial charge on any atom is 0.418 e. The van der Waals surface area contributed by atoms with E-state index in [0.717, 1.165) is 17.7 Å². The van der Waals surface area contributed by atoms with Crippen molar-refractivity contribution < 1.29 is 36.9 Å². The van der Waals surface area contributed by atoms with Gasteiger partial charge in [-0.25, -0.2) is 13.9 Å². The van der Waals surface area contributed by atoms with Gasteiger partial charge in [0.25, 0.3) is 0 Å². The Morgan fingerprint density at radius 2 is 1.70 bits per heavy atom. The van der Waals surface area contributed by atoms with Crippen LogP contribution in [0.25, 0.3) is 16.6 Å². The number of ether oxygens (including phenoxy) is 2. The number of anilines is 1. The third-order valence-corrected chi connectivity index (χ3v) is 8.26. The van der Waals surface area contributed by atoms with Crippen LogP contribution in [0.15, 0.2) is 85.1 Å². The molecule has 1 atom stereocenters. The summed E-state index contributed by atoms with van der Waals surface area (Å²) in [6.07, 6.45) is -4.30. The number of para-hydroxylation sites is 1. The van der Waals surface area contributed by atoms with E-state index in [1.54, 1.807) is 67.1 Å². The van der Waals surface area contributed by atoms with Crippen molar-refractivity contribution in [2.75, 3.05) is 19.0 Å². The van der Waals surface area contributed by atoms with Crippen LogP contribution in [0.1, 0.15) is 47.3 Å². The lowest BCUT2D eigenvalue weighted by molar-refractivity contribution is -0.260. The van der Waals surface area contributed by atoms with Gasteiger partial charge in [0.2, 0.25) is 0 Å². The summed E-state index contributed by atoms with van der Waals surface area (Å²) in [5.41, 5.74) is -1.22. The first-order chi connectivity index (χ1) is 22.1. The maximum absolute atomic E-state index is 14.6. The van der Waals surface area contributed by atoms with E-state index in [-0.39, 0.29) is 11.3 Å². The van der Waals surface area contributed by atoms with Crippen molar-refractivity contribution in [3.05, 3.63) is 113 Å². The Balaban J connectivity index is 1.46. The minimum Gasteiger partial charge on any atom is -0.496 e. The number of esters is 1. The van der Waals surface area contributed by atoms with Gasteiger partial charge in [-0.05, 0) is 91.4 Å². The number of halogens is 4. The van der Waals surface area contributed by atoms with E-state index >= 15 is 0 Å². The molecule has 0 saturated heterocycles.